The van der Waals surface area contributed by atoms with Crippen molar-refractivity contribution in [3.63, 3.8) is 0 Å². The summed E-state index contributed by atoms with van der Waals surface area (Å²) in [7, 11) is -1.95. The van der Waals surface area contributed by atoms with Crippen LogP contribution in [0.2, 0.25) is 0 Å². The second-order valence-corrected chi connectivity index (χ2v) is 7.93. The molecule has 0 saturated carbocycles. The second kappa shape index (κ2) is 10.3. The van der Waals surface area contributed by atoms with Gasteiger partial charge in [-0.2, -0.15) is 0 Å². The average molecular weight is 386 g/mol. The van der Waals surface area contributed by atoms with E-state index in [4.69, 9.17) is 14.2 Å². The van der Waals surface area contributed by atoms with Crippen LogP contribution in [0.5, 0.6) is 11.5 Å². The first-order valence-electron chi connectivity index (χ1n) is 8.62. The maximum Gasteiger partial charge on any atom is 0.221 e. The fourth-order valence-corrected chi connectivity index (χ4v) is 3.61. The van der Waals surface area contributed by atoms with Crippen molar-refractivity contribution < 1.29 is 27.4 Å². The Morgan fingerprint density at radius 2 is 1.92 bits per heavy atom. The van der Waals surface area contributed by atoms with Gasteiger partial charge in [-0.1, -0.05) is 0 Å². The average Bonchev–Trinajstić information content (AvgIpc) is 2.87. The van der Waals surface area contributed by atoms with E-state index in [1.54, 1.807) is 13.2 Å². The molecule has 1 aliphatic rings. The first kappa shape index (κ1) is 20.5. The van der Waals surface area contributed by atoms with Crippen LogP contribution in [-0.4, -0.2) is 66.6 Å². The van der Waals surface area contributed by atoms with Crippen molar-refractivity contribution in [3.05, 3.63) is 18.2 Å². The first-order valence-corrected chi connectivity index (χ1v) is 10.3. The van der Waals surface area contributed by atoms with Gasteiger partial charge < -0.3 is 24.8 Å². The van der Waals surface area contributed by atoms with Gasteiger partial charge in [0.2, 0.25) is 5.91 Å². The summed E-state index contributed by atoms with van der Waals surface area (Å²) in [6.07, 6.45) is 0.659. The maximum absolute atomic E-state index is 12.5. The Morgan fingerprint density at radius 3 is 2.69 bits per heavy atom. The highest BCUT2D eigenvalue weighted by molar-refractivity contribution is 7.91. The Kier molecular flexibility index (Phi) is 8.14. The van der Waals surface area contributed by atoms with Gasteiger partial charge in [-0.05, 0) is 12.1 Å². The van der Waals surface area contributed by atoms with Crippen LogP contribution in [0.15, 0.2) is 23.1 Å². The molecule has 8 nitrogen and oxygen atoms in total. The molecule has 1 amide bonds. The van der Waals surface area contributed by atoms with Gasteiger partial charge >= 0.3 is 0 Å². The standard InChI is InChI=1S/C17H26N2O6S/c1-23-11-8-18-6-7-19-17(20)5-12-26(21,22)14-3-4-15-16(13-14)25-10-2-9-24-15/h3-4,13,18H,2,5-12H2,1H3,(H,19,20). The van der Waals surface area contributed by atoms with Crippen molar-refractivity contribution in [2.24, 2.45) is 0 Å². The number of rotatable bonds is 10. The first-order chi connectivity index (χ1) is 12.5. The highest BCUT2D eigenvalue weighted by atomic mass is 32.2. The van der Waals surface area contributed by atoms with Crippen LogP contribution in [0.4, 0.5) is 0 Å². The van der Waals surface area contributed by atoms with Gasteiger partial charge in [0.25, 0.3) is 0 Å². The van der Waals surface area contributed by atoms with Crippen molar-refractivity contribution in [2.45, 2.75) is 17.7 Å². The van der Waals surface area contributed by atoms with E-state index in [-0.39, 0.29) is 23.0 Å². The van der Waals surface area contributed by atoms with Gasteiger partial charge in [0.1, 0.15) is 0 Å². The second-order valence-electron chi connectivity index (χ2n) is 5.82. The van der Waals surface area contributed by atoms with Gasteiger partial charge in [-0.3, -0.25) is 4.79 Å². The maximum atomic E-state index is 12.5. The minimum absolute atomic E-state index is 0.0884. The molecule has 0 fully saturated rings. The van der Waals surface area contributed by atoms with Crippen LogP contribution in [0.1, 0.15) is 12.8 Å². The van der Waals surface area contributed by atoms with E-state index >= 15 is 0 Å². The number of methoxy groups -OCH3 is 1. The Hall–Kier alpha value is -1.84. The predicted molar refractivity (Wildman–Crippen MR) is 96.5 cm³/mol. The Labute approximate surface area is 154 Å². The monoisotopic (exact) mass is 386 g/mol. The Bertz CT molecular complexity index is 692. The van der Waals surface area contributed by atoms with E-state index < -0.39 is 9.84 Å². The molecule has 0 bridgehead atoms. The normalized spacial score (nSPS) is 13.9. The largest absolute Gasteiger partial charge is 0.490 e. The number of amides is 1. The molecule has 0 radical (unpaired) electrons. The van der Waals surface area contributed by atoms with Crippen LogP contribution < -0.4 is 20.1 Å². The summed E-state index contributed by atoms with van der Waals surface area (Å²) in [4.78, 5) is 12.0. The van der Waals surface area contributed by atoms with Crippen LogP contribution in [0.25, 0.3) is 0 Å². The molecule has 26 heavy (non-hydrogen) atoms. The zero-order chi connectivity index (χ0) is 18.8. The third-order valence-corrected chi connectivity index (χ3v) is 5.50. The van der Waals surface area contributed by atoms with E-state index in [1.807, 2.05) is 0 Å². The lowest BCUT2D eigenvalue weighted by atomic mass is 10.3. The fourth-order valence-electron chi connectivity index (χ4n) is 2.36. The molecule has 2 N–H and O–H groups in total. The molecule has 1 aliphatic heterocycles. The molecule has 9 heteroatoms. The number of carbonyl (C=O) groups excluding carboxylic acids is 1. The number of nitrogens with one attached hydrogen (secondary N) is 2. The topological polar surface area (TPSA) is 103 Å². The molecule has 0 aliphatic carbocycles. The SMILES string of the molecule is COCCNCCNC(=O)CCS(=O)(=O)c1ccc2c(c1)OCCCO2. The molecule has 1 heterocycles. The fraction of sp³-hybridized carbons (Fsp3) is 0.588. The molecule has 0 aromatic heterocycles. The summed E-state index contributed by atoms with van der Waals surface area (Å²) in [5.74, 6) is 0.419. The van der Waals surface area contributed by atoms with Crippen molar-refractivity contribution in [1.29, 1.82) is 0 Å². The highest BCUT2D eigenvalue weighted by Gasteiger charge is 2.20. The summed E-state index contributed by atoms with van der Waals surface area (Å²) in [5.41, 5.74) is 0. The molecular weight excluding hydrogens is 360 g/mol. The van der Waals surface area contributed by atoms with Gasteiger partial charge in [-0.15, -0.1) is 0 Å². The Balaban J connectivity index is 1.81. The van der Waals surface area contributed by atoms with Crippen LogP contribution in [-0.2, 0) is 19.4 Å². The summed E-state index contributed by atoms with van der Waals surface area (Å²) >= 11 is 0. The molecule has 1 aromatic carbocycles. The summed E-state index contributed by atoms with van der Waals surface area (Å²) in [6.45, 7) is 3.36. The van der Waals surface area contributed by atoms with Crippen LogP contribution in [0.3, 0.4) is 0 Å². The molecule has 0 unspecified atom stereocenters. The van der Waals surface area contributed by atoms with Gasteiger partial charge in [0.15, 0.2) is 21.3 Å². The minimum Gasteiger partial charge on any atom is -0.490 e. The number of hydrogen-bond donors (Lipinski definition) is 2. The van der Waals surface area contributed by atoms with Crippen LogP contribution >= 0.6 is 0 Å². The summed E-state index contributed by atoms with van der Waals surface area (Å²) < 4.78 is 40.8. The number of hydrogen-bond acceptors (Lipinski definition) is 7. The van der Waals surface area contributed by atoms with Crippen molar-refractivity contribution >= 4 is 15.7 Å². The number of benzene rings is 1. The lowest BCUT2D eigenvalue weighted by Gasteiger charge is -2.10. The third-order valence-electron chi connectivity index (χ3n) is 3.78. The minimum atomic E-state index is -3.57. The van der Waals surface area contributed by atoms with Gasteiger partial charge in [0, 0.05) is 45.7 Å². The van der Waals surface area contributed by atoms with E-state index in [0.717, 1.165) is 6.42 Å². The quantitative estimate of drug-likeness (QED) is 0.560. The molecule has 1 aromatic rings. The van der Waals surface area contributed by atoms with Crippen molar-refractivity contribution in [3.8, 4) is 11.5 Å². The van der Waals surface area contributed by atoms with Gasteiger partial charge in [-0.25, -0.2) is 8.42 Å². The zero-order valence-electron chi connectivity index (χ0n) is 15.0. The van der Waals surface area contributed by atoms with E-state index in [9.17, 15) is 13.2 Å². The molecule has 0 atom stereocenters. The highest BCUT2D eigenvalue weighted by Crippen LogP contribution is 2.32. The lowest BCUT2D eigenvalue weighted by molar-refractivity contribution is -0.120. The van der Waals surface area contributed by atoms with E-state index in [0.29, 0.717) is 51.0 Å². The summed E-state index contributed by atoms with van der Waals surface area (Å²) in [6, 6.07) is 4.55. The lowest BCUT2D eigenvalue weighted by Crippen LogP contribution is -2.33. The molecular formula is C17H26N2O6S. The summed E-state index contributed by atoms with van der Waals surface area (Å²) in [5, 5.41) is 5.78. The molecule has 2 rings (SSSR count). The Morgan fingerprint density at radius 1 is 1.15 bits per heavy atom. The smallest absolute Gasteiger partial charge is 0.221 e. The van der Waals surface area contributed by atoms with E-state index in [2.05, 4.69) is 10.6 Å². The third kappa shape index (κ3) is 6.47. The zero-order valence-corrected chi connectivity index (χ0v) is 15.8. The van der Waals surface area contributed by atoms with E-state index in [1.165, 1.54) is 12.1 Å². The molecule has 0 spiro atoms. The van der Waals surface area contributed by atoms with Crippen molar-refractivity contribution in [1.82, 2.24) is 10.6 Å². The van der Waals surface area contributed by atoms with Crippen LogP contribution in [0, 0.1) is 0 Å². The molecule has 0 saturated heterocycles. The number of carbonyl (C=O) groups is 1. The van der Waals surface area contributed by atoms with Crippen molar-refractivity contribution in [2.75, 3.05) is 52.3 Å². The number of ether oxygens (including phenoxy) is 3. The number of fused-ring (bicyclic) bond motifs is 1. The molecule has 146 valence electrons. The van der Waals surface area contributed by atoms with Gasteiger partial charge in [0.05, 0.1) is 30.5 Å². The number of sulfone groups is 1. The predicted octanol–water partition coefficient (Wildman–Crippen LogP) is 0.364.